The maximum Gasteiger partial charge on any atom is 0.243 e. The molecular weight excluding hydrogens is 440 g/mol. The molecule has 1 N–H and O–H groups in total. The molecule has 9 heteroatoms. The van der Waals surface area contributed by atoms with Crippen molar-refractivity contribution in [2.75, 3.05) is 44.2 Å². The highest BCUT2D eigenvalue weighted by atomic mass is 32.2. The van der Waals surface area contributed by atoms with Crippen molar-refractivity contribution < 1.29 is 18.0 Å². The summed E-state index contributed by atoms with van der Waals surface area (Å²) in [5.41, 5.74) is 1.37. The molecule has 3 aliphatic heterocycles. The molecule has 8 nitrogen and oxygen atoms in total. The summed E-state index contributed by atoms with van der Waals surface area (Å²) in [5, 5.41) is 2.99. The van der Waals surface area contributed by atoms with E-state index in [4.69, 9.17) is 0 Å². The topological polar surface area (TPSA) is 90.0 Å². The Kier molecular flexibility index (Phi) is 7.71. The maximum absolute atomic E-state index is 13.1. The number of hydrogen-bond donors (Lipinski definition) is 1. The van der Waals surface area contributed by atoms with E-state index in [1.807, 2.05) is 0 Å². The minimum Gasteiger partial charge on any atom is -0.354 e. The summed E-state index contributed by atoms with van der Waals surface area (Å²) in [5.74, 6) is -0.394. The Morgan fingerprint density at radius 3 is 2.33 bits per heavy atom. The second kappa shape index (κ2) is 10.5. The van der Waals surface area contributed by atoms with Crippen molar-refractivity contribution in [3.63, 3.8) is 0 Å². The molecule has 182 valence electrons. The van der Waals surface area contributed by atoms with E-state index in [2.05, 4.69) is 10.2 Å². The molecule has 1 aromatic carbocycles. The van der Waals surface area contributed by atoms with Gasteiger partial charge in [0.2, 0.25) is 21.8 Å². The quantitative estimate of drug-likeness (QED) is 0.609. The number of anilines is 1. The second-order valence-electron chi connectivity index (χ2n) is 9.41. The SMILES string of the molecule is CC(=O)N1c2ccc(S(=O)(=O)N3CCCCC3)cc2C[C@H]1C(=O)NCCCN1CCCCC1. The van der Waals surface area contributed by atoms with Crippen LogP contribution in [0.2, 0.25) is 0 Å². The van der Waals surface area contributed by atoms with E-state index < -0.39 is 16.1 Å². The van der Waals surface area contributed by atoms with E-state index in [1.54, 1.807) is 22.5 Å². The first-order valence-corrected chi connectivity index (χ1v) is 13.7. The average Bonchev–Trinajstić information content (AvgIpc) is 3.22. The molecule has 1 atom stereocenters. The molecule has 0 bridgehead atoms. The lowest BCUT2D eigenvalue weighted by molar-refractivity contribution is -0.125. The number of likely N-dealkylation sites (tertiary alicyclic amines) is 1. The summed E-state index contributed by atoms with van der Waals surface area (Å²) < 4.78 is 27.7. The van der Waals surface area contributed by atoms with Gasteiger partial charge in [-0.1, -0.05) is 12.8 Å². The first kappa shape index (κ1) is 24.2. The fourth-order valence-electron chi connectivity index (χ4n) is 5.26. The minimum atomic E-state index is -3.56. The highest BCUT2D eigenvalue weighted by molar-refractivity contribution is 7.89. The molecule has 0 aromatic heterocycles. The lowest BCUT2D eigenvalue weighted by Gasteiger charge is -2.27. The van der Waals surface area contributed by atoms with E-state index in [1.165, 1.54) is 31.1 Å². The number of carbonyl (C=O) groups is 2. The molecule has 0 spiro atoms. The predicted molar refractivity (Wildman–Crippen MR) is 128 cm³/mol. The highest BCUT2D eigenvalue weighted by Crippen LogP contribution is 2.35. The van der Waals surface area contributed by atoms with Crippen LogP contribution in [0.3, 0.4) is 0 Å². The Labute approximate surface area is 197 Å². The van der Waals surface area contributed by atoms with Gasteiger partial charge in [-0.05, 0) is 75.5 Å². The van der Waals surface area contributed by atoms with Crippen LogP contribution in [0, 0.1) is 0 Å². The van der Waals surface area contributed by atoms with Crippen molar-refractivity contribution in [2.24, 2.45) is 0 Å². The first-order chi connectivity index (χ1) is 15.9. The number of benzene rings is 1. The summed E-state index contributed by atoms with van der Waals surface area (Å²) in [6, 6.07) is 4.26. The van der Waals surface area contributed by atoms with Crippen molar-refractivity contribution in [3.8, 4) is 0 Å². The normalized spacial score (nSPS) is 22.2. The number of sulfonamides is 1. The Hall–Kier alpha value is -1.97. The van der Waals surface area contributed by atoms with Crippen molar-refractivity contribution in [1.82, 2.24) is 14.5 Å². The molecule has 0 radical (unpaired) electrons. The van der Waals surface area contributed by atoms with Gasteiger partial charge in [0, 0.05) is 38.7 Å². The van der Waals surface area contributed by atoms with Gasteiger partial charge in [0.15, 0.2) is 0 Å². The van der Waals surface area contributed by atoms with E-state index >= 15 is 0 Å². The van der Waals surface area contributed by atoms with Crippen LogP contribution in [0.25, 0.3) is 0 Å². The number of nitrogens with zero attached hydrogens (tertiary/aromatic N) is 3. The van der Waals surface area contributed by atoms with Gasteiger partial charge in [0.25, 0.3) is 0 Å². The zero-order chi connectivity index (χ0) is 23.4. The number of hydrogen-bond acceptors (Lipinski definition) is 5. The van der Waals surface area contributed by atoms with E-state index in [0.29, 0.717) is 31.7 Å². The standard InChI is InChI=1S/C24H36N4O4S/c1-19(29)28-22-10-9-21(33(31,32)27-15-6-3-7-16-27)17-20(22)18-23(28)24(30)25-11-8-14-26-12-4-2-5-13-26/h9-10,17,23H,2-8,11-16,18H2,1H3,(H,25,30)/t23-/m0/s1. The fourth-order valence-corrected chi connectivity index (χ4v) is 6.83. The lowest BCUT2D eigenvalue weighted by atomic mass is 10.1. The number of fused-ring (bicyclic) bond motifs is 1. The van der Waals surface area contributed by atoms with Crippen LogP contribution in [0.1, 0.15) is 57.4 Å². The molecule has 1 aromatic rings. The van der Waals surface area contributed by atoms with E-state index in [-0.39, 0.29) is 16.7 Å². The van der Waals surface area contributed by atoms with Gasteiger partial charge in [-0.2, -0.15) is 4.31 Å². The van der Waals surface area contributed by atoms with Gasteiger partial charge in [-0.15, -0.1) is 0 Å². The Morgan fingerprint density at radius 1 is 1.00 bits per heavy atom. The van der Waals surface area contributed by atoms with Gasteiger partial charge in [0.1, 0.15) is 6.04 Å². The number of piperidine rings is 2. The van der Waals surface area contributed by atoms with Crippen LogP contribution in [-0.2, 0) is 26.0 Å². The molecule has 2 amide bonds. The van der Waals surface area contributed by atoms with Crippen LogP contribution in [-0.4, -0.2) is 74.7 Å². The van der Waals surface area contributed by atoms with Crippen molar-refractivity contribution in [1.29, 1.82) is 0 Å². The fraction of sp³-hybridized carbons (Fsp3) is 0.667. The molecule has 0 unspecified atom stereocenters. The molecule has 3 heterocycles. The summed E-state index contributed by atoms with van der Waals surface area (Å²) in [7, 11) is -3.56. The van der Waals surface area contributed by atoms with Gasteiger partial charge in [-0.25, -0.2) is 8.42 Å². The summed E-state index contributed by atoms with van der Waals surface area (Å²) in [4.78, 5) is 29.6. The van der Waals surface area contributed by atoms with Crippen LogP contribution < -0.4 is 10.2 Å². The summed E-state index contributed by atoms with van der Waals surface area (Å²) in [6.07, 6.45) is 7.81. The number of nitrogens with one attached hydrogen (secondary N) is 1. The van der Waals surface area contributed by atoms with E-state index in [9.17, 15) is 18.0 Å². The molecular formula is C24H36N4O4S. The Balaban J connectivity index is 1.41. The number of amides is 2. The average molecular weight is 477 g/mol. The minimum absolute atomic E-state index is 0.180. The molecule has 33 heavy (non-hydrogen) atoms. The van der Waals surface area contributed by atoms with Crippen molar-refractivity contribution in [3.05, 3.63) is 23.8 Å². The summed E-state index contributed by atoms with van der Waals surface area (Å²) >= 11 is 0. The van der Waals surface area contributed by atoms with Crippen LogP contribution >= 0.6 is 0 Å². The van der Waals surface area contributed by atoms with Crippen LogP contribution in [0.15, 0.2) is 23.1 Å². The van der Waals surface area contributed by atoms with Gasteiger partial charge in [0.05, 0.1) is 4.90 Å². The lowest BCUT2D eigenvalue weighted by Crippen LogP contribution is -2.47. The maximum atomic E-state index is 13.1. The van der Waals surface area contributed by atoms with Crippen LogP contribution in [0.5, 0.6) is 0 Å². The monoisotopic (exact) mass is 476 g/mol. The van der Waals surface area contributed by atoms with Crippen molar-refractivity contribution >= 4 is 27.5 Å². The first-order valence-electron chi connectivity index (χ1n) is 12.3. The zero-order valence-corrected chi connectivity index (χ0v) is 20.4. The molecule has 3 aliphatic rings. The third-order valence-electron chi connectivity index (χ3n) is 7.03. The van der Waals surface area contributed by atoms with Gasteiger partial charge < -0.3 is 10.2 Å². The second-order valence-corrected chi connectivity index (χ2v) is 11.3. The molecule has 4 rings (SSSR count). The van der Waals surface area contributed by atoms with Gasteiger partial charge in [-0.3, -0.25) is 14.5 Å². The third kappa shape index (κ3) is 5.41. The number of carbonyl (C=O) groups excluding carboxylic acids is 2. The Morgan fingerprint density at radius 2 is 1.67 bits per heavy atom. The van der Waals surface area contributed by atoms with E-state index in [0.717, 1.165) is 50.9 Å². The van der Waals surface area contributed by atoms with Gasteiger partial charge >= 0.3 is 0 Å². The molecule has 2 saturated heterocycles. The molecule has 2 fully saturated rings. The summed E-state index contributed by atoms with van der Waals surface area (Å²) in [6.45, 7) is 6.34. The van der Waals surface area contributed by atoms with Crippen LogP contribution in [0.4, 0.5) is 5.69 Å². The smallest absolute Gasteiger partial charge is 0.243 e. The zero-order valence-electron chi connectivity index (χ0n) is 19.6. The molecule has 0 aliphatic carbocycles. The predicted octanol–water partition coefficient (Wildman–Crippen LogP) is 2.13. The molecule has 0 saturated carbocycles. The largest absolute Gasteiger partial charge is 0.354 e. The third-order valence-corrected chi connectivity index (χ3v) is 8.92. The van der Waals surface area contributed by atoms with Crippen molar-refractivity contribution in [2.45, 2.75) is 69.2 Å². The number of rotatable bonds is 7. The Bertz CT molecular complexity index is 969. The highest BCUT2D eigenvalue weighted by Gasteiger charge is 2.38.